The minimum absolute atomic E-state index is 0.214. The largest absolute Gasteiger partial charge is 0.383 e. The number of nitrogens with zero attached hydrogens (tertiary/aromatic N) is 1. The zero-order chi connectivity index (χ0) is 15.1. The highest BCUT2D eigenvalue weighted by Crippen LogP contribution is 2.27. The van der Waals surface area contributed by atoms with Crippen LogP contribution in [0.2, 0.25) is 0 Å². The van der Waals surface area contributed by atoms with Crippen molar-refractivity contribution in [2.24, 2.45) is 0 Å². The van der Waals surface area contributed by atoms with Crippen LogP contribution in [-0.4, -0.2) is 30.2 Å². The van der Waals surface area contributed by atoms with Gasteiger partial charge in [0.2, 0.25) is 0 Å². The summed E-state index contributed by atoms with van der Waals surface area (Å²) in [5.74, 6) is -0.294. The fourth-order valence-electron chi connectivity index (χ4n) is 1.69. The summed E-state index contributed by atoms with van der Waals surface area (Å²) in [6.45, 7) is 1.78. The molecule has 0 radical (unpaired) electrons. The van der Waals surface area contributed by atoms with E-state index < -0.39 is 0 Å². The minimum Gasteiger partial charge on any atom is -0.383 e. The van der Waals surface area contributed by atoms with E-state index in [4.69, 9.17) is 4.74 Å². The van der Waals surface area contributed by atoms with Crippen molar-refractivity contribution in [1.29, 1.82) is 0 Å². The topological polar surface area (TPSA) is 67.0 Å². The SMILES string of the molecule is COCCNCc1cc(F)ccc1Sc1nccc(=O)[nH]1. The average molecular weight is 309 g/mol. The van der Waals surface area contributed by atoms with Gasteiger partial charge in [0.1, 0.15) is 5.82 Å². The molecule has 0 saturated heterocycles. The smallest absolute Gasteiger partial charge is 0.251 e. The molecule has 112 valence electrons. The summed E-state index contributed by atoms with van der Waals surface area (Å²) in [5.41, 5.74) is 0.594. The van der Waals surface area contributed by atoms with Crippen molar-refractivity contribution in [2.45, 2.75) is 16.6 Å². The van der Waals surface area contributed by atoms with Crippen LogP contribution in [0.5, 0.6) is 0 Å². The van der Waals surface area contributed by atoms with Gasteiger partial charge in [-0.05, 0) is 23.8 Å². The van der Waals surface area contributed by atoms with E-state index in [1.807, 2.05) is 0 Å². The molecule has 1 aromatic carbocycles. The summed E-state index contributed by atoms with van der Waals surface area (Å²) in [5, 5.41) is 3.65. The van der Waals surface area contributed by atoms with Gasteiger partial charge in [-0.15, -0.1) is 0 Å². The van der Waals surface area contributed by atoms with Crippen LogP contribution >= 0.6 is 11.8 Å². The Hall–Kier alpha value is -1.70. The highest BCUT2D eigenvalue weighted by molar-refractivity contribution is 7.99. The molecule has 5 nitrogen and oxygen atoms in total. The lowest BCUT2D eigenvalue weighted by molar-refractivity contribution is 0.199. The monoisotopic (exact) mass is 309 g/mol. The first-order chi connectivity index (χ1) is 10.2. The van der Waals surface area contributed by atoms with Gasteiger partial charge in [-0.2, -0.15) is 0 Å². The second-order valence-corrected chi connectivity index (χ2v) is 5.29. The molecular weight excluding hydrogens is 293 g/mol. The highest BCUT2D eigenvalue weighted by Gasteiger charge is 2.07. The minimum atomic E-state index is -0.294. The van der Waals surface area contributed by atoms with Crippen LogP contribution in [0.15, 0.2) is 45.3 Å². The molecular formula is C14H16FN3O2S. The van der Waals surface area contributed by atoms with Crippen molar-refractivity contribution in [2.75, 3.05) is 20.3 Å². The van der Waals surface area contributed by atoms with Gasteiger partial charge in [0.25, 0.3) is 5.56 Å². The van der Waals surface area contributed by atoms with Crippen molar-refractivity contribution in [1.82, 2.24) is 15.3 Å². The normalized spacial score (nSPS) is 10.8. The molecule has 0 aliphatic heterocycles. The Balaban J connectivity index is 2.12. The number of ether oxygens (including phenoxy) is 1. The zero-order valence-electron chi connectivity index (χ0n) is 11.6. The summed E-state index contributed by atoms with van der Waals surface area (Å²) >= 11 is 1.30. The first-order valence-electron chi connectivity index (χ1n) is 6.40. The van der Waals surface area contributed by atoms with Crippen LogP contribution in [-0.2, 0) is 11.3 Å². The van der Waals surface area contributed by atoms with Gasteiger partial charge in [0.05, 0.1) is 6.61 Å². The number of aromatic amines is 1. The third-order valence-electron chi connectivity index (χ3n) is 2.68. The van der Waals surface area contributed by atoms with Crippen LogP contribution < -0.4 is 10.9 Å². The molecule has 2 N–H and O–H groups in total. The molecule has 1 heterocycles. The molecule has 0 atom stereocenters. The molecule has 7 heteroatoms. The van der Waals surface area contributed by atoms with Crippen LogP contribution in [0.25, 0.3) is 0 Å². The summed E-state index contributed by atoms with van der Waals surface area (Å²) in [7, 11) is 1.63. The second kappa shape index (κ2) is 7.92. The number of H-pyrrole nitrogens is 1. The van der Waals surface area contributed by atoms with Crippen molar-refractivity contribution in [3.8, 4) is 0 Å². The lowest BCUT2D eigenvalue weighted by Crippen LogP contribution is -2.19. The number of nitrogens with one attached hydrogen (secondary N) is 2. The van der Waals surface area contributed by atoms with E-state index in [9.17, 15) is 9.18 Å². The van der Waals surface area contributed by atoms with Crippen molar-refractivity contribution in [3.63, 3.8) is 0 Å². The van der Waals surface area contributed by atoms with E-state index in [2.05, 4.69) is 15.3 Å². The predicted octanol–water partition coefficient (Wildman–Crippen LogP) is 1.80. The zero-order valence-corrected chi connectivity index (χ0v) is 12.4. The highest BCUT2D eigenvalue weighted by atomic mass is 32.2. The molecule has 0 spiro atoms. The fraction of sp³-hybridized carbons (Fsp3) is 0.286. The molecule has 0 unspecified atom stereocenters. The third-order valence-corrected chi connectivity index (χ3v) is 3.69. The van der Waals surface area contributed by atoms with Gasteiger partial charge in [0.15, 0.2) is 5.16 Å². The van der Waals surface area contributed by atoms with E-state index in [-0.39, 0.29) is 11.4 Å². The van der Waals surface area contributed by atoms with E-state index in [0.29, 0.717) is 24.9 Å². The van der Waals surface area contributed by atoms with Gasteiger partial charge in [-0.3, -0.25) is 4.79 Å². The number of hydrogen-bond acceptors (Lipinski definition) is 5. The lowest BCUT2D eigenvalue weighted by atomic mass is 10.2. The van der Waals surface area contributed by atoms with Crippen LogP contribution in [0.3, 0.4) is 0 Å². The summed E-state index contributed by atoms with van der Waals surface area (Å²) < 4.78 is 18.3. The average Bonchev–Trinajstić information content (AvgIpc) is 2.46. The summed E-state index contributed by atoms with van der Waals surface area (Å²) in [4.78, 5) is 18.8. The van der Waals surface area contributed by atoms with Crippen molar-refractivity contribution in [3.05, 3.63) is 52.2 Å². The van der Waals surface area contributed by atoms with Crippen LogP contribution in [0.1, 0.15) is 5.56 Å². The molecule has 21 heavy (non-hydrogen) atoms. The van der Waals surface area contributed by atoms with Crippen molar-refractivity contribution >= 4 is 11.8 Å². The van der Waals surface area contributed by atoms with Crippen LogP contribution in [0.4, 0.5) is 4.39 Å². The van der Waals surface area contributed by atoms with Gasteiger partial charge < -0.3 is 15.0 Å². The first-order valence-corrected chi connectivity index (χ1v) is 7.22. The van der Waals surface area contributed by atoms with Gasteiger partial charge in [0, 0.05) is 37.4 Å². The molecule has 0 amide bonds. The standard InChI is InChI=1S/C14H16FN3O2S/c1-20-7-6-16-9-10-8-11(15)2-3-12(10)21-14-17-5-4-13(19)18-14/h2-5,8,16H,6-7,9H2,1H3,(H,17,18,19). The summed E-state index contributed by atoms with van der Waals surface area (Å²) in [6, 6.07) is 5.90. The maximum atomic E-state index is 13.4. The Kier molecular flexibility index (Phi) is 5.91. The molecule has 0 saturated carbocycles. The molecule has 0 aliphatic rings. The number of halogens is 1. The van der Waals surface area contributed by atoms with E-state index in [1.54, 1.807) is 13.2 Å². The maximum Gasteiger partial charge on any atom is 0.251 e. The van der Waals surface area contributed by atoms with Gasteiger partial charge >= 0.3 is 0 Å². The Labute approximate surface area is 126 Å². The molecule has 1 aromatic heterocycles. The Morgan fingerprint density at radius 3 is 3.05 bits per heavy atom. The summed E-state index contributed by atoms with van der Waals surface area (Å²) in [6.07, 6.45) is 1.45. The first kappa shape index (κ1) is 15.7. The number of rotatable bonds is 7. The van der Waals surface area contributed by atoms with Crippen LogP contribution in [0, 0.1) is 5.82 Å². The Morgan fingerprint density at radius 2 is 2.29 bits per heavy atom. The lowest BCUT2D eigenvalue weighted by Gasteiger charge is -2.10. The molecule has 2 aromatic rings. The predicted molar refractivity (Wildman–Crippen MR) is 79.0 cm³/mol. The third kappa shape index (κ3) is 4.96. The number of methoxy groups -OCH3 is 1. The Bertz CT molecular complexity index is 648. The van der Waals surface area contributed by atoms with Crippen molar-refractivity contribution < 1.29 is 9.13 Å². The quantitative estimate of drug-likeness (QED) is 0.603. The van der Waals surface area contributed by atoms with Gasteiger partial charge in [-0.25, -0.2) is 9.37 Å². The molecule has 0 aliphatic carbocycles. The van der Waals surface area contributed by atoms with E-state index in [1.165, 1.54) is 36.2 Å². The Morgan fingerprint density at radius 1 is 1.43 bits per heavy atom. The number of benzene rings is 1. The molecule has 0 bridgehead atoms. The maximum absolute atomic E-state index is 13.4. The van der Waals surface area contributed by atoms with Gasteiger partial charge in [-0.1, -0.05) is 11.8 Å². The number of hydrogen-bond donors (Lipinski definition) is 2. The van der Waals surface area contributed by atoms with E-state index >= 15 is 0 Å². The second-order valence-electron chi connectivity index (χ2n) is 4.26. The number of aromatic nitrogens is 2. The molecule has 2 rings (SSSR count). The van der Waals surface area contributed by atoms with E-state index in [0.717, 1.165) is 10.5 Å². The molecule has 0 fully saturated rings. The fourth-order valence-corrected chi connectivity index (χ4v) is 2.56.